The molecule has 0 radical (unpaired) electrons. The van der Waals surface area contributed by atoms with E-state index in [4.69, 9.17) is 14.1 Å². The molecule has 0 bridgehead atoms. The summed E-state index contributed by atoms with van der Waals surface area (Å²) in [5.74, 6) is 2.02. The predicted molar refractivity (Wildman–Crippen MR) is 107 cm³/mol. The lowest BCUT2D eigenvalue weighted by Crippen LogP contribution is -1.93. The number of aromatic nitrogens is 4. The molecule has 1 aromatic carbocycles. The molecule has 0 amide bonds. The zero-order valence-corrected chi connectivity index (χ0v) is 16.1. The fourth-order valence-electron chi connectivity index (χ4n) is 3.76. The number of nitrogens with zero attached hydrogens (tertiary/aromatic N) is 4. The molecule has 0 fully saturated rings. The second kappa shape index (κ2) is 6.38. The molecular formula is C21H15FN4O2S. The van der Waals surface area contributed by atoms with Crippen molar-refractivity contribution in [1.29, 1.82) is 0 Å². The summed E-state index contributed by atoms with van der Waals surface area (Å²) in [4.78, 5) is 11.7. The molecule has 8 heteroatoms. The quantitative estimate of drug-likeness (QED) is 0.429. The van der Waals surface area contributed by atoms with Gasteiger partial charge in [-0.2, -0.15) is 0 Å². The lowest BCUT2D eigenvalue weighted by Gasteiger charge is -2.03. The van der Waals surface area contributed by atoms with Crippen LogP contribution < -0.4 is 4.74 Å². The summed E-state index contributed by atoms with van der Waals surface area (Å²) in [6.07, 6.45) is 5.10. The van der Waals surface area contributed by atoms with Gasteiger partial charge in [0.05, 0.1) is 5.39 Å². The minimum absolute atomic E-state index is 0.239. The fraction of sp³-hybridized carbons (Fsp3) is 0.190. The Morgan fingerprint density at radius 1 is 1.14 bits per heavy atom. The summed E-state index contributed by atoms with van der Waals surface area (Å²) in [7, 11) is 0. The van der Waals surface area contributed by atoms with Crippen LogP contribution in [-0.2, 0) is 19.4 Å². The molecule has 5 aromatic rings. The van der Waals surface area contributed by atoms with Gasteiger partial charge in [0.2, 0.25) is 5.82 Å². The maximum atomic E-state index is 13.0. The van der Waals surface area contributed by atoms with Gasteiger partial charge >= 0.3 is 0 Å². The molecule has 0 unspecified atom stereocenters. The molecule has 29 heavy (non-hydrogen) atoms. The molecule has 0 spiro atoms. The van der Waals surface area contributed by atoms with E-state index in [0.29, 0.717) is 23.1 Å². The molecule has 1 aliphatic rings. The third kappa shape index (κ3) is 2.79. The van der Waals surface area contributed by atoms with E-state index in [0.717, 1.165) is 28.7 Å². The van der Waals surface area contributed by atoms with Gasteiger partial charge in [-0.25, -0.2) is 18.9 Å². The highest BCUT2D eigenvalue weighted by atomic mass is 32.1. The van der Waals surface area contributed by atoms with Gasteiger partial charge in [-0.15, -0.1) is 16.4 Å². The highest BCUT2D eigenvalue weighted by Crippen LogP contribution is 2.38. The van der Waals surface area contributed by atoms with Crippen molar-refractivity contribution in [3.05, 3.63) is 64.7 Å². The van der Waals surface area contributed by atoms with Crippen LogP contribution in [0.15, 0.2) is 47.1 Å². The number of hydrogen-bond donors (Lipinski definition) is 0. The molecule has 4 aromatic heterocycles. The highest BCUT2D eigenvalue weighted by molar-refractivity contribution is 7.19. The number of thiophene rings is 1. The van der Waals surface area contributed by atoms with Gasteiger partial charge in [-0.05, 0) is 61.2 Å². The van der Waals surface area contributed by atoms with Crippen LogP contribution in [0.25, 0.3) is 27.4 Å². The van der Waals surface area contributed by atoms with E-state index in [2.05, 4.69) is 10.1 Å². The molecule has 0 saturated heterocycles. The molecule has 144 valence electrons. The van der Waals surface area contributed by atoms with Gasteiger partial charge in [-0.1, -0.05) is 0 Å². The van der Waals surface area contributed by atoms with Gasteiger partial charge in [0.25, 0.3) is 0 Å². The first-order chi connectivity index (χ1) is 14.2. The van der Waals surface area contributed by atoms with Crippen LogP contribution in [0, 0.1) is 5.82 Å². The number of hydrogen-bond acceptors (Lipinski definition) is 6. The van der Waals surface area contributed by atoms with E-state index in [1.54, 1.807) is 34.3 Å². The number of fused-ring (bicyclic) bond motifs is 5. The van der Waals surface area contributed by atoms with Crippen LogP contribution in [0.5, 0.6) is 5.75 Å². The number of aryl methyl sites for hydroxylation is 2. The maximum Gasteiger partial charge on any atom is 0.217 e. The Bertz CT molecular complexity index is 1350. The first-order valence-electron chi connectivity index (χ1n) is 9.38. The molecule has 1 aliphatic carbocycles. The smallest absolute Gasteiger partial charge is 0.217 e. The normalized spacial score (nSPS) is 13.4. The van der Waals surface area contributed by atoms with Gasteiger partial charge in [0, 0.05) is 4.88 Å². The number of rotatable bonds is 4. The van der Waals surface area contributed by atoms with E-state index in [1.165, 1.54) is 29.0 Å². The standard InChI is InChI=1S/C21H15FN4O2S/c22-12-4-6-13(7-5-12)27-10-14-8-9-16(28-14)19-24-20-18-15-2-1-3-17(15)29-21(18)23-11-26(20)25-19/h4-9,11H,1-3,10H2. The van der Waals surface area contributed by atoms with Crippen molar-refractivity contribution in [3.63, 3.8) is 0 Å². The van der Waals surface area contributed by atoms with E-state index in [-0.39, 0.29) is 12.4 Å². The first-order valence-corrected chi connectivity index (χ1v) is 10.2. The number of benzene rings is 1. The average Bonchev–Trinajstić information content (AvgIpc) is 3.48. The van der Waals surface area contributed by atoms with Crippen molar-refractivity contribution < 1.29 is 13.5 Å². The third-order valence-electron chi connectivity index (χ3n) is 5.12. The van der Waals surface area contributed by atoms with Gasteiger partial charge < -0.3 is 9.15 Å². The van der Waals surface area contributed by atoms with Crippen LogP contribution in [0.4, 0.5) is 4.39 Å². The largest absolute Gasteiger partial charge is 0.486 e. The summed E-state index contributed by atoms with van der Waals surface area (Å²) in [6, 6.07) is 9.56. The van der Waals surface area contributed by atoms with Crippen LogP contribution in [0.1, 0.15) is 22.6 Å². The van der Waals surface area contributed by atoms with Crippen LogP contribution >= 0.6 is 11.3 Å². The third-order valence-corrected chi connectivity index (χ3v) is 6.32. The molecule has 0 N–H and O–H groups in total. The Labute approximate surface area is 168 Å². The second-order valence-electron chi connectivity index (χ2n) is 6.99. The van der Waals surface area contributed by atoms with Crippen LogP contribution in [0.3, 0.4) is 0 Å². The maximum absolute atomic E-state index is 13.0. The van der Waals surface area contributed by atoms with Crippen molar-refractivity contribution in [2.24, 2.45) is 0 Å². The molecule has 6 rings (SSSR count). The van der Waals surface area contributed by atoms with E-state index in [9.17, 15) is 4.39 Å². The van der Waals surface area contributed by atoms with Crippen molar-refractivity contribution in [3.8, 4) is 17.3 Å². The lowest BCUT2D eigenvalue weighted by atomic mass is 10.2. The summed E-state index contributed by atoms with van der Waals surface area (Å²) >= 11 is 1.76. The second-order valence-corrected chi connectivity index (χ2v) is 8.08. The lowest BCUT2D eigenvalue weighted by molar-refractivity contribution is 0.271. The summed E-state index contributed by atoms with van der Waals surface area (Å²) in [5, 5.41) is 5.67. The van der Waals surface area contributed by atoms with E-state index < -0.39 is 0 Å². The first kappa shape index (κ1) is 16.7. The van der Waals surface area contributed by atoms with Crippen molar-refractivity contribution in [2.75, 3.05) is 0 Å². The minimum Gasteiger partial charge on any atom is -0.486 e. The highest BCUT2D eigenvalue weighted by Gasteiger charge is 2.22. The molecular weight excluding hydrogens is 391 g/mol. The summed E-state index contributed by atoms with van der Waals surface area (Å²) in [5.41, 5.74) is 2.19. The van der Waals surface area contributed by atoms with Gasteiger partial charge in [0.1, 0.15) is 35.1 Å². The zero-order valence-electron chi connectivity index (χ0n) is 15.3. The average molecular weight is 406 g/mol. The number of halogens is 1. The Kier molecular flexibility index (Phi) is 3.67. The van der Waals surface area contributed by atoms with E-state index in [1.807, 2.05) is 12.1 Å². The van der Waals surface area contributed by atoms with Crippen molar-refractivity contribution >= 4 is 27.2 Å². The Balaban J connectivity index is 1.31. The SMILES string of the molecule is Fc1ccc(OCc2ccc(-c3nc4c5c6c(sc5ncn4n3)CCC6)o2)cc1. The zero-order chi connectivity index (χ0) is 19.4. The topological polar surface area (TPSA) is 65.5 Å². The molecule has 4 heterocycles. The Hall–Kier alpha value is -3.26. The Morgan fingerprint density at radius 2 is 2.03 bits per heavy atom. The van der Waals surface area contributed by atoms with Crippen molar-refractivity contribution in [2.45, 2.75) is 25.9 Å². The number of ether oxygens (including phenoxy) is 1. The van der Waals surface area contributed by atoms with Crippen molar-refractivity contribution in [1.82, 2.24) is 19.6 Å². The minimum atomic E-state index is -0.296. The molecule has 6 nitrogen and oxygen atoms in total. The Morgan fingerprint density at radius 3 is 2.93 bits per heavy atom. The monoisotopic (exact) mass is 406 g/mol. The molecule has 0 saturated carbocycles. The summed E-state index contributed by atoms with van der Waals surface area (Å²) < 4.78 is 26.2. The van der Waals surface area contributed by atoms with Gasteiger partial charge in [-0.3, -0.25) is 0 Å². The van der Waals surface area contributed by atoms with E-state index >= 15 is 0 Å². The fourth-order valence-corrected chi connectivity index (χ4v) is 4.98. The molecule has 0 atom stereocenters. The number of furan rings is 1. The van der Waals surface area contributed by atoms with Crippen LogP contribution in [-0.4, -0.2) is 19.6 Å². The van der Waals surface area contributed by atoms with Gasteiger partial charge in [0.15, 0.2) is 11.4 Å². The molecule has 0 aliphatic heterocycles. The predicted octanol–water partition coefficient (Wildman–Crippen LogP) is 4.81. The summed E-state index contributed by atoms with van der Waals surface area (Å²) in [6.45, 7) is 0.239. The van der Waals surface area contributed by atoms with Crippen LogP contribution in [0.2, 0.25) is 0 Å².